The van der Waals surface area contributed by atoms with Crippen LogP contribution < -0.4 is 9.47 Å². The number of carbonyl (C=O) groups excluding carboxylic acids is 1. The molecular formula is C15H15NO3. The summed E-state index contributed by atoms with van der Waals surface area (Å²) in [5.41, 5.74) is 1.88. The van der Waals surface area contributed by atoms with Gasteiger partial charge in [-0.15, -0.1) is 0 Å². The summed E-state index contributed by atoms with van der Waals surface area (Å²) in [4.78, 5) is 16.5. The van der Waals surface area contributed by atoms with Crippen LogP contribution in [0.2, 0.25) is 0 Å². The largest absolute Gasteiger partial charge is 0.497 e. The number of carbonyl (C=O) groups is 1. The lowest BCUT2D eigenvalue weighted by atomic mass is 10.1. The second kappa shape index (κ2) is 5.52. The van der Waals surface area contributed by atoms with Gasteiger partial charge in [0.2, 0.25) is 5.78 Å². The Morgan fingerprint density at radius 3 is 2.47 bits per heavy atom. The van der Waals surface area contributed by atoms with Crippen molar-refractivity contribution in [2.45, 2.75) is 6.92 Å². The third-order valence-corrected chi connectivity index (χ3v) is 2.80. The first-order chi connectivity index (χ1) is 9.15. The van der Waals surface area contributed by atoms with E-state index in [4.69, 9.17) is 9.47 Å². The standard InChI is InChI=1S/C15H15NO3/c1-10-4-7-13(16-9-10)15(17)12-6-5-11(18-2)8-14(12)19-3/h4-9H,1-3H3. The van der Waals surface area contributed by atoms with Crippen LogP contribution in [0, 0.1) is 6.92 Å². The van der Waals surface area contributed by atoms with E-state index < -0.39 is 0 Å². The molecule has 1 heterocycles. The summed E-state index contributed by atoms with van der Waals surface area (Å²) in [5, 5.41) is 0. The summed E-state index contributed by atoms with van der Waals surface area (Å²) >= 11 is 0. The van der Waals surface area contributed by atoms with Crippen molar-refractivity contribution in [2.75, 3.05) is 14.2 Å². The number of hydrogen-bond donors (Lipinski definition) is 0. The Morgan fingerprint density at radius 2 is 1.89 bits per heavy atom. The second-order valence-electron chi connectivity index (χ2n) is 4.12. The van der Waals surface area contributed by atoms with E-state index in [9.17, 15) is 4.79 Å². The van der Waals surface area contributed by atoms with Crippen LogP contribution in [0.5, 0.6) is 11.5 Å². The molecule has 0 amide bonds. The van der Waals surface area contributed by atoms with Gasteiger partial charge in [-0.3, -0.25) is 9.78 Å². The van der Waals surface area contributed by atoms with Gasteiger partial charge >= 0.3 is 0 Å². The van der Waals surface area contributed by atoms with Gasteiger partial charge in [0, 0.05) is 12.3 Å². The van der Waals surface area contributed by atoms with Crippen molar-refractivity contribution in [3.05, 3.63) is 53.3 Å². The SMILES string of the molecule is COc1ccc(C(=O)c2ccc(C)cn2)c(OC)c1. The van der Waals surface area contributed by atoms with E-state index in [1.54, 1.807) is 37.6 Å². The summed E-state index contributed by atoms with van der Waals surface area (Å²) in [5.74, 6) is 0.955. The van der Waals surface area contributed by atoms with E-state index in [0.29, 0.717) is 22.8 Å². The number of pyridine rings is 1. The molecule has 0 saturated carbocycles. The first kappa shape index (κ1) is 13.1. The third kappa shape index (κ3) is 2.73. The molecule has 0 spiro atoms. The number of ether oxygens (including phenoxy) is 2. The summed E-state index contributed by atoms with van der Waals surface area (Å²) in [6.45, 7) is 1.93. The number of benzene rings is 1. The van der Waals surface area contributed by atoms with Crippen LogP contribution in [0.15, 0.2) is 36.5 Å². The second-order valence-corrected chi connectivity index (χ2v) is 4.12. The molecule has 4 heteroatoms. The first-order valence-corrected chi connectivity index (χ1v) is 5.85. The number of hydrogen-bond acceptors (Lipinski definition) is 4. The van der Waals surface area contributed by atoms with Crippen molar-refractivity contribution in [1.29, 1.82) is 0 Å². The Morgan fingerprint density at radius 1 is 1.11 bits per heavy atom. The Labute approximate surface area is 112 Å². The highest BCUT2D eigenvalue weighted by Crippen LogP contribution is 2.26. The molecule has 0 aliphatic carbocycles. The van der Waals surface area contributed by atoms with E-state index in [2.05, 4.69) is 4.98 Å². The zero-order valence-electron chi connectivity index (χ0n) is 11.1. The predicted octanol–water partition coefficient (Wildman–Crippen LogP) is 2.64. The summed E-state index contributed by atoms with van der Waals surface area (Å²) < 4.78 is 10.3. The average molecular weight is 257 g/mol. The van der Waals surface area contributed by atoms with Gasteiger partial charge in [-0.2, -0.15) is 0 Å². The van der Waals surface area contributed by atoms with Crippen molar-refractivity contribution < 1.29 is 14.3 Å². The fourth-order valence-electron chi connectivity index (χ4n) is 1.73. The van der Waals surface area contributed by atoms with Gasteiger partial charge in [-0.05, 0) is 30.7 Å². The molecule has 0 bridgehead atoms. The number of nitrogens with zero attached hydrogens (tertiary/aromatic N) is 1. The summed E-state index contributed by atoms with van der Waals surface area (Å²) in [6, 6.07) is 8.66. The Hall–Kier alpha value is -2.36. The molecule has 0 saturated heterocycles. The first-order valence-electron chi connectivity index (χ1n) is 5.85. The minimum Gasteiger partial charge on any atom is -0.497 e. The zero-order chi connectivity index (χ0) is 13.8. The Kier molecular flexibility index (Phi) is 3.80. The van der Waals surface area contributed by atoms with E-state index >= 15 is 0 Å². The number of aromatic nitrogens is 1. The molecule has 0 aliphatic heterocycles. The van der Waals surface area contributed by atoms with Crippen LogP contribution in [0.1, 0.15) is 21.6 Å². The van der Waals surface area contributed by atoms with Crippen molar-refractivity contribution in [1.82, 2.24) is 4.98 Å². The smallest absolute Gasteiger partial charge is 0.215 e. The molecule has 2 aromatic rings. The van der Waals surface area contributed by atoms with Gasteiger partial charge in [0.05, 0.1) is 19.8 Å². The van der Waals surface area contributed by atoms with Crippen molar-refractivity contribution in [2.24, 2.45) is 0 Å². The maximum atomic E-state index is 12.4. The molecule has 2 rings (SSSR count). The van der Waals surface area contributed by atoms with Crippen LogP contribution in [0.3, 0.4) is 0 Å². The molecule has 1 aromatic carbocycles. The minimum atomic E-state index is -0.167. The molecule has 0 fully saturated rings. The lowest BCUT2D eigenvalue weighted by Crippen LogP contribution is -2.06. The molecule has 0 N–H and O–H groups in total. The van der Waals surface area contributed by atoms with Gasteiger partial charge in [0.25, 0.3) is 0 Å². The van der Waals surface area contributed by atoms with Crippen LogP contribution in [0.4, 0.5) is 0 Å². The van der Waals surface area contributed by atoms with Gasteiger partial charge in [0.15, 0.2) is 0 Å². The minimum absolute atomic E-state index is 0.167. The quantitative estimate of drug-likeness (QED) is 0.790. The van der Waals surface area contributed by atoms with Crippen LogP contribution >= 0.6 is 0 Å². The maximum Gasteiger partial charge on any atom is 0.215 e. The number of methoxy groups -OCH3 is 2. The lowest BCUT2D eigenvalue weighted by molar-refractivity contribution is 0.103. The number of aryl methyl sites for hydroxylation is 1. The predicted molar refractivity (Wildman–Crippen MR) is 72.0 cm³/mol. The Balaban J connectivity index is 2.40. The topological polar surface area (TPSA) is 48.4 Å². The number of rotatable bonds is 4. The molecule has 98 valence electrons. The third-order valence-electron chi connectivity index (χ3n) is 2.80. The normalized spacial score (nSPS) is 10.1. The molecule has 4 nitrogen and oxygen atoms in total. The van der Waals surface area contributed by atoms with Crippen molar-refractivity contribution >= 4 is 5.78 Å². The molecule has 0 aliphatic rings. The van der Waals surface area contributed by atoms with Crippen LogP contribution in [0.25, 0.3) is 0 Å². The van der Waals surface area contributed by atoms with Gasteiger partial charge in [0.1, 0.15) is 17.2 Å². The highest BCUT2D eigenvalue weighted by atomic mass is 16.5. The average Bonchev–Trinajstić information content (AvgIpc) is 2.46. The van der Waals surface area contributed by atoms with Crippen molar-refractivity contribution in [3.8, 4) is 11.5 Å². The molecule has 0 atom stereocenters. The highest BCUT2D eigenvalue weighted by molar-refractivity contribution is 6.09. The van der Waals surface area contributed by atoms with Gasteiger partial charge in [-0.25, -0.2) is 0 Å². The fraction of sp³-hybridized carbons (Fsp3) is 0.200. The van der Waals surface area contributed by atoms with E-state index in [-0.39, 0.29) is 5.78 Å². The summed E-state index contributed by atoms with van der Waals surface area (Å²) in [7, 11) is 3.09. The van der Waals surface area contributed by atoms with E-state index in [0.717, 1.165) is 5.56 Å². The molecule has 19 heavy (non-hydrogen) atoms. The van der Waals surface area contributed by atoms with Crippen LogP contribution in [-0.2, 0) is 0 Å². The molecular weight excluding hydrogens is 242 g/mol. The molecule has 1 aromatic heterocycles. The number of ketones is 1. The molecule has 0 radical (unpaired) electrons. The van der Waals surface area contributed by atoms with E-state index in [1.807, 2.05) is 13.0 Å². The van der Waals surface area contributed by atoms with E-state index in [1.165, 1.54) is 7.11 Å². The fourth-order valence-corrected chi connectivity index (χ4v) is 1.73. The van der Waals surface area contributed by atoms with Crippen LogP contribution in [-0.4, -0.2) is 25.0 Å². The maximum absolute atomic E-state index is 12.4. The molecule has 0 unspecified atom stereocenters. The lowest BCUT2D eigenvalue weighted by Gasteiger charge is -2.09. The zero-order valence-corrected chi connectivity index (χ0v) is 11.1. The van der Waals surface area contributed by atoms with Gasteiger partial charge < -0.3 is 9.47 Å². The highest BCUT2D eigenvalue weighted by Gasteiger charge is 2.16. The van der Waals surface area contributed by atoms with Gasteiger partial charge in [-0.1, -0.05) is 6.07 Å². The summed E-state index contributed by atoms with van der Waals surface area (Å²) in [6.07, 6.45) is 1.67. The van der Waals surface area contributed by atoms with Crippen molar-refractivity contribution in [3.63, 3.8) is 0 Å². The Bertz CT molecular complexity index is 591. The monoisotopic (exact) mass is 257 g/mol.